The predicted octanol–water partition coefficient (Wildman–Crippen LogP) is 6.77. The Morgan fingerprint density at radius 1 is 1.00 bits per heavy atom. The van der Waals surface area contributed by atoms with Crippen LogP contribution in [0.5, 0.6) is 5.75 Å². The van der Waals surface area contributed by atoms with E-state index in [1.54, 1.807) is 30.5 Å². The summed E-state index contributed by atoms with van der Waals surface area (Å²) in [7, 11) is 0. The highest BCUT2D eigenvalue weighted by Gasteiger charge is 2.15. The third kappa shape index (κ3) is 5.93. The van der Waals surface area contributed by atoms with Crippen LogP contribution in [0, 0.1) is 0 Å². The SMILES string of the molecule is CC(C)(C)c1ccc(C(=O)Oc2cccc(/C=N\Nc3nc(-c4ccccc4)cs3)c2)cc1. The molecule has 4 aromatic rings. The fourth-order valence-corrected chi connectivity index (χ4v) is 3.83. The molecule has 3 aromatic carbocycles. The van der Waals surface area contributed by atoms with Crippen LogP contribution in [0.1, 0.15) is 42.3 Å². The molecule has 4 rings (SSSR count). The standard InChI is InChI=1S/C27H25N3O2S/c1-27(2,3)22-14-12-21(13-15-22)25(31)32-23-11-7-8-19(16-23)17-28-30-26-29-24(18-33-26)20-9-5-4-6-10-20/h4-18H,1-3H3,(H,29,30)/b28-17-. The summed E-state index contributed by atoms with van der Waals surface area (Å²) >= 11 is 1.49. The Morgan fingerprint density at radius 2 is 1.76 bits per heavy atom. The third-order valence-electron chi connectivity index (χ3n) is 5.00. The zero-order valence-electron chi connectivity index (χ0n) is 18.8. The van der Waals surface area contributed by atoms with Crippen LogP contribution in [-0.2, 0) is 5.41 Å². The Morgan fingerprint density at radius 3 is 2.48 bits per heavy atom. The van der Waals surface area contributed by atoms with Gasteiger partial charge in [0.05, 0.1) is 17.5 Å². The van der Waals surface area contributed by atoms with Gasteiger partial charge >= 0.3 is 5.97 Å². The van der Waals surface area contributed by atoms with E-state index in [0.29, 0.717) is 16.4 Å². The predicted molar refractivity (Wildman–Crippen MR) is 135 cm³/mol. The molecular weight excluding hydrogens is 430 g/mol. The number of thiazole rings is 1. The first-order chi connectivity index (χ1) is 15.9. The molecule has 0 aliphatic heterocycles. The van der Waals surface area contributed by atoms with Crippen molar-refractivity contribution >= 4 is 28.7 Å². The second-order valence-electron chi connectivity index (χ2n) is 8.56. The summed E-state index contributed by atoms with van der Waals surface area (Å²) < 4.78 is 5.55. The number of nitrogens with zero attached hydrogens (tertiary/aromatic N) is 2. The minimum absolute atomic E-state index is 0.0336. The summed E-state index contributed by atoms with van der Waals surface area (Å²) in [5.41, 5.74) is 7.44. The van der Waals surface area contributed by atoms with E-state index in [0.717, 1.165) is 16.8 Å². The molecule has 166 valence electrons. The molecule has 0 fully saturated rings. The largest absolute Gasteiger partial charge is 0.423 e. The van der Waals surface area contributed by atoms with Crippen molar-refractivity contribution in [3.05, 3.63) is 101 Å². The third-order valence-corrected chi connectivity index (χ3v) is 5.75. The number of hydrogen-bond acceptors (Lipinski definition) is 6. The fourth-order valence-electron chi connectivity index (χ4n) is 3.16. The molecule has 0 amide bonds. The molecule has 0 aliphatic rings. The smallest absolute Gasteiger partial charge is 0.343 e. The number of aromatic nitrogens is 1. The van der Waals surface area contributed by atoms with Crippen molar-refractivity contribution < 1.29 is 9.53 Å². The van der Waals surface area contributed by atoms with Gasteiger partial charge in [-0.2, -0.15) is 5.10 Å². The molecule has 6 heteroatoms. The summed E-state index contributed by atoms with van der Waals surface area (Å²) in [5, 5.41) is 6.95. The van der Waals surface area contributed by atoms with Crippen LogP contribution in [0.2, 0.25) is 0 Å². The number of benzene rings is 3. The van der Waals surface area contributed by atoms with Crippen molar-refractivity contribution in [1.82, 2.24) is 4.98 Å². The molecule has 5 nitrogen and oxygen atoms in total. The molecule has 1 heterocycles. The van der Waals surface area contributed by atoms with Crippen molar-refractivity contribution in [2.24, 2.45) is 5.10 Å². The van der Waals surface area contributed by atoms with Crippen LogP contribution in [0.15, 0.2) is 89.3 Å². The van der Waals surface area contributed by atoms with Gasteiger partial charge in [0, 0.05) is 10.9 Å². The molecule has 0 saturated heterocycles. The van der Waals surface area contributed by atoms with Crippen LogP contribution < -0.4 is 10.2 Å². The minimum Gasteiger partial charge on any atom is -0.423 e. The lowest BCUT2D eigenvalue weighted by atomic mass is 9.87. The number of esters is 1. The second kappa shape index (κ2) is 9.79. The number of anilines is 1. The average molecular weight is 456 g/mol. The van der Waals surface area contributed by atoms with Gasteiger partial charge in [-0.25, -0.2) is 9.78 Å². The van der Waals surface area contributed by atoms with Crippen LogP contribution >= 0.6 is 11.3 Å². The van der Waals surface area contributed by atoms with E-state index in [9.17, 15) is 4.79 Å². The number of rotatable bonds is 6. The summed E-state index contributed by atoms with van der Waals surface area (Å²) in [6.07, 6.45) is 1.67. The van der Waals surface area contributed by atoms with E-state index < -0.39 is 0 Å². The van der Waals surface area contributed by atoms with Crippen LogP contribution in [-0.4, -0.2) is 17.2 Å². The summed E-state index contributed by atoms with van der Waals surface area (Å²) in [5.74, 6) is 0.0726. The minimum atomic E-state index is -0.390. The second-order valence-corrected chi connectivity index (χ2v) is 9.42. The molecule has 33 heavy (non-hydrogen) atoms. The Labute approximate surface area is 197 Å². The van der Waals surface area contributed by atoms with Gasteiger partial charge in [0.25, 0.3) is 0 Å². The zero-order valence-corrected chi connectivity index (χ0v) is 19.6. The van der Waals surface area contributed by atoms with E-state index >= 15 is 0 Å². The van der Waals surface area contributed by atoms with Crippen molar-refractivity contribution in [2.45, 2.75) is 26.2 Å². The van der Waals surface area contributed by atoms with E-state index in [1.807, 2.05) is 60.0 Å². The van der Waals surface area contributed by atoms with Crippen molar-refractivity contribution in [1.29, 1.82) is 0 Å². The van der Waals surface area contributed by atoms with E-state index in [1.165, 1.54) is 16.9 Å². The normalized spacial score (nSPS) is 11.5. The Hall–Kier alpha value is -3.77. The zero-order chi connectivity index (χ0) is 23.3. The van der Waals surface area contributed by atoms with Gasteiger partial charge in [-0.15, -0.1) is 11.3 Å². The van der Waals surface area contributed by atoms with Gasteiger partial charge in [0.1, 0.15) is 5.75 Å². The number of hydrogen-bond donors (Lipinski definition) is 1. The lowest BCUT2D eigenvalue weighted by molar-refractivity contribution is 0.0734. The maximum absolute atomic E-state index is 12.5. The fraction of sp³-hybridized carbons (Fsp3) is 0.148. The lowest BCUT2D eigenvalue weighted by Gasteiger charge is -2.18. The topological polar surface area (TPSA) is 63.6 Å². The first-order valence-corrected chi connectivity index (χ1v) is 11.5. The van der Waals surface area contributed by atoms with Gasteiger partial charge in [0.15, 0.2) is 0 Å². The molecule has 0 aliphatic carbocycles. The lowest BCUT2D eigenvalue weighted by Crippen LogP contribution is -2.13. The van der Waals surface area contributed by atoms with Gasteiger partial charge < -0.3 is 4.74 Å². The highest BCUT2D eigenvalue weighted by atomic mass is 32.1. The number of hydrazone groups is 1. The number of carbonyl (C=O) groups excluding carboxylic acids is 1. The summed E-state index contributed by atoms with van der Waals surface area (Å²) in [6.45, 7) is 6.41. The van der Waals surface area contributed by atoms with Crippen LogP contribution in [0.3, 0.4) is 0 Å². The molecule has 0 spiro atoms. The van der Waals surface area contributed by atoms with Crippen LogP contribution in [0.25, 0.3) is 11.3 Å². The van der Waals surface area contributed by atoms with E-state index in [2.05, 4.69) is 36.3 Å². The quantitative estimate of drug-likeness (QED) is 0.151. The molecule has 0 bridgehead atoms. The molecule has 0 saturated carbocycles. The number of nitrogens with one attached hydrogen (secondary N) is 1. The highest BCUT2D eigenvalue weighted by molar-refractivity contribution is 7.14. The van der Waals surface area contributed by atoms with Crippen LogP contribution in [0.4, 0.5) is 5.13 Å². The van der Waals surface area contributed by atoms with Crippen molar-refractivity contribution in [2.75, 3.05) is 5.43 Å². The Kier molecular flexibility index (Phi) is 6.66. The first-order valence-electron chi connectivity index (χ1n) is 10.6. The summed E-state index contributed by atoms with van der Waals surface area (Å²) in [4.78, 5) is 17.1. The molecule has 0 radical (unpaired) electrons. The highest BCUT2D eigenvalue weighted by Crippen LogP contribution is 2.25. The summed E-state index contributed by atoms with van der Waals surface area (Å²) in [6, 6.07) is 24.8. The average Bonchev–Trinajstić information content (AvgIpc) is 3.28. The maximum Gasteiger partial charge on any atom is 0.343 e. The molecular formula is C27H25N3O2S. The van der Waals surface area contributed by atoms with E-state index in [4.69, 9.17) is 4.74 Å². The van der Waals surface area contributed by atoms with Gasteiger partial charge in [-0.3, -0.25) is 5.43 Å². The monoisotopic (exact) mass is 455 g/mol. The van der Waals surface area contributed by atoms with Crippen molar-refractivity contribution in [3.63, 3.8) is 0 Å². The number of ether oxygens (including phenoxy) is 1. The van der Waals surface area contributed by atoms with Gasteiger partial charge in [-0.05, 0) is 40.8 Å². The Balaban J connectivity index is 1.37. The van der Waals surface area contributed by atoms with E-state index in [-0.39, 0.29) is 11.4 Å². The Bertz CT molecular complexity index is 1260. The molecule has 0 unspecified atom stereocenters. The van der Waals surface area contributed by atoms with Gasteiger partial charge in [-0.1, -0.05) is 75.4 Å². The number of carbonyl (C=O) groups is 1. The first kappa shape index (κ1) is 22.4. The molecule has 0 atom stereocenters. The van der Waals surface area contributed by atoms with Crippen molar-refractivity contribution in [3.8, 4) is 17.0 Å². The molecule has 1 N–H and O–H groups in total. The molecule has 1 aromatic heterocycles. The van der Waals surface area contributed by atoms with Gasteiger partial charge in [0.2, 0.25) is 5.13 Å². The maximum atomic E-state index is 12.5.